The zero-order valence-electron chi connectivity index (χ0n) is 15.3. The molecule has 2 N–H and O–H groups in total. The largest absolute Gasteiger partial charge is 0.497 e. The lowest BCUT2D eigenvalue weighted by Crippen LogP contribution is -2.04. The van der Waals surface area contributed by atoms with E-state index in [9.17, 15) is 9.90 Å². The number of nitrogens with one attached hydrogen (secondary N) is 1. The highest BCUT2D eigenvalue weighted by molar-refractivity contribution is 7.17. The van der Waals surface area contributed by atoms with E-state index in [-0.39, 0.29) is 5.56 Å². The van der Waals surface area contributed by atoms with Crippen molar-refractivity contribution in [3.8, 4) is 16.9 Å². The van der Waals surface area contributed by atoms with E-state index < -0.39 is 5.97 Å². The molecule has 28 heavy (non-hydrogen) atoms. The summed E-state index contributed by atoms with van der Waals surface area (Å²) >= 11 is 1.53. The molecule has 0 saturated carbocycles. The minimum atomic E-state index is -0.995. The molecule has 140 valence electrons. The number of thiophene rings is 1. The standard InChI is InChI=1S/C21H17N3O3S/c1-12-22-19(24-17-6-4-3-5-15(17)21(25)26)18-16(11-28-20(18)23-12)13-7-9-14(27-2)10-8-13/h3-11H,1-2H3,(H,25,26)(H,22,23,24). The Hall–Kier alpha value is -3.45. The molecule has 0 spiro atoms. The van der Waals surface area contributed by atoms with Gasteiger partial charge in [-0.3, -0.25) is 0 Å². The van der Waals surface area contributed by atoms with Crippen LogP contribution in [0.2, 0.25) is 0 Å². The monoisotopic (exact) mass is 391 g/mol. The summed E-state index contributed by atoms with van der Waals surface area (Å²) in [6.45, 7) is 1.82. The number of hydrogen-bond donors (Lipinski definition) is 2. The predicted molar refractivity (Wildman–Crippen MR) is 111 cm³/mol. The van der Waals surface area contributed by atoms with Gasteiger partial charge in [-0.05, 0) is 36.8 Å². The van der Waals surface area contributed by atoms with E-state index in [0.717, 1.165) is 27.1 Å². The summed E-state index contributed by atoms with van der Waals surface area (Å²) in [7, 11) is 1.63. The second kappa shape index (κ2) is 7.28. The van der Waals surface area contributed by atoms with Gasteiger partial charge in [0, 0.05) is 10.9 Å². The van der Waals surface area contributed by atoms with E-state index in [2.05, 4.69) is 15.3 Å². The topological polar surface area (TPSA) is 84.3 Å². The van der Waals surface area contributed by atoms with Crippen LogP contribution < -0.4 is 10.1 Å². The second-order valence-corrected chi connectivity index (χ2v) is 7.01. The lowest BCUT2D eigenvalue weighted by molar-refractivity contribution is 0.0698. The van der Waals surface area contributed by atoms with Crippen LogP contribution in [0.5, 0.6) is 5.75 Å². The molecule has 4 aromatic rings. The number of aromatic nitrogens is 2. The van der Waals surface area contributed by atoms with E-state index in [4.69, 9.17) is 4.74 Å². The number of carboxylic acid groups (broad SMARTS) is 1. The molecule has 0 amide bonds. The van der Waals surface area contributed by atoms with Crippen LogP contribution in [0.1, 0.15) is 16.2 Å². The molecule has 0 saturated heterocycles. The van der Waals surface area contributed by atoms with Gasteiger partial charge >= 0.3 is 5.97 Å². The minimum absolute atomic E-state index is 0.188. The van der Waals surface area contributed by atoms with Crippen LogP contribution in [-0.4, -0.2) is 28.2 Å². The van der Waals surface area contributed by atoms with Crippen molar-refractivity contribution in [3.63, 3.8) is 0 Å². The molecule has 2 heterocycles. The van der Waals surface area contributed by atoms with Gasteiger partial charge in [0.1, 0.15) is 22.2 Å². The normalized spacial score (nSPS) is 10.8. The third-order valence-corrected chi connectivity index (χ3v) is 5.23. The van der Waals surface area contributed by atoms with E-state index in [1.54, 1.807) is 31.4 Å². The average Bonchev–Trinajstić information content (AvgIpc) is 3.12. The van der Waals surface area contributed by atoms with Gasteiger partial charge in [-0.2, -0.15) is 0 Å². The third kappa shape index (κ3) is 3.27. The van der Waals surface area contributed by atoms with Crippen molar-refractivity contribution < 1.29 is 14.6 Å². The number of benzene rings is 2. The number of nitrogens with zero attached hydrogens (tertiary/aromatic N) is 2. The Bertz CT molecular complexity index is 1170. The molecule has 4 rings (SSSR count). The summed E-state index contributed by atoms with van der Waals surface area (Å²) in [4.78, 5) is 21.5. The Kier molecular flexibility index (Phi) is 4.67. The van der Waals surface area contributed by atoms with Crippen LogP contribution in [0.3, 0.4) is 0 Å². The molecule has 7 heteroatoms. The summed E-state index contributed by atoms with van der Waals surface area (Å²) in [5.74, 6) is 0.990. The highest BCUT2D eigenvalue weighted by Gasteiger charge is 2.17. The molecule has 2 aromatic carbocycles. The Morgan fingerprint density at radius 2 is 1.86 bits per heavy atom. The van der Waals surface area contributed by atoms with Crippen LogP contribution in [0, 0.1) is 6.92 Å². The smallest absolute Gasteiger partial charge is 0.337 e. The van der Waals surface area contributed by atoms with E-state index >= 15 is 0 Å². The van der Waals surface area contributed by atoms with Gasteiger partial charge in [-0.15, -0.1) is 11.3 Å². The maximum Gasteiger partial charge on any atom is 0.337 e. The summed E-state index contributed by atoms with van der Waals surface area (Å²) in [6.07, 6.45) is 0. The molecule has 0 radical (unpaired) electrons. The molecule has 0 aliphatic rings. The zero-order chi connectivity index (χ0) is 19.7. The lowest BCUT2D eigenvalue weighted by atomic mass is 10.1. The molecule has 0 unspecified atom stereocenters. The van der Waals surface area contributed by atoms with Gasteiger partial charge in [-0.1, -0.05) is 24.3 Å². The fourth-order valence-corrected chi connectivity index (χ4v) is 4.02. The van der Waals surface area contributed by atoms with Crippen molar-refractivity contribution in [2.75, 3.05) is 12.4 Å². The number of methoxy groups -OCH3 is 1. The molecule has 2 aromatic heterocycles. The van der Waals surface area contributed by atoms with Crippen molar-refractivity contribution in [3.05, 3.63) is 65.3 Å². The molecular weight excluding hydrogens is 374 g/mol. The number of carbonyl (C=O) groups is 1. The quantitative estimate of drug-likeness (QED) is 0.491. The number of para-hydroxylation sites is 1. The first kappa shape index (κ1) is 17.9. The molecule has 0 bridgehead atoms. The number of aromatic carboxylic acids is 1. The third-order valence-electron chi connectivity index (χ3n) is 4.36. The fraction of sp³-hybridized carbons (Fsp3) is 0.0952. The summed E-state index contributed by atoms with van der Waals surface area (Å²) in [6, 6.07) is 14.5. The van der Waals surface area contributed by atoms with Crippen molar-refractivity contribution in [2.45, 2.75) is 6.92 Å². The Balaban J connectivity index is 1.86. The molecule has 0 aliphatic carbocycles. The van der Waals surface area contributed by atoms with Crippen LogP contribution in [0.15, 0.2) is 53.9 Å². The summed E-state index contributed by atoms with van der Waals surface area (Å²) in [5, 5.41) is 15.6. The van der Waals surface area contributed by atoms with E-state index in [1.807, 2.05) is 36.6 Å². The van der Waals surface area contributed by atoms with Crippen molar-refractivity contribution in [2.24, 2.45) is 0 Å². The van der Waals surface area contributed by atoms with Gasteiger partial charge in [0.05, 0.1) is 23.7 Å². The maximum absolute atomic E-state index is 11.6. The Morgan fingerprint density at radius 1 is 1.11 bits per heavy atom. The number of ether oxygens (including phenoxy) is 1. The second-order valence-electron chi connectivity index (χ2n) is 6.15. The van der Waals surface area contributed by atoms with Crippen LogP contribution in [0.25, 0.3) is 21.3 Å². The SMILES string of the molecule is COc1ccc(-c2csc3nc(C)nc(Nc4ccccc4C(=O)O)c23)cc1. The van der Waals surface area contributed by atoms with Gasteiger partial charge in [0.15, 0.2) is 0 Å². The van der Waals surface area contributed by atoms with E-state index in [0.29, 0.717) is 17.3 Å². The van der Waals surface area contributed by atoms with Crippen molar-refractivity contribution in [1.29, 1.82) is 0 Å². The Labute approximate surface area is 165 Å². The molecule has 6 nitrogen and oxygen atoms in total. The van der Waals surface area contributed by atoms with Gasteiger partial charge in [0.2, 0.25) is 0 Å². The number of hydrogen-bond acceptors (Lipinski definition) is 6. The number of fused-ring (bicyclic) bond motifs is 1. The van der Waals surface area contributed by atoms with Crippen LogP contribution in [-0.2, 0) is 0 Å². The maximum atomic E-state index is 11.6. The minimum Gasteiger partial charge on any atom is -0.497 e. The van der Waals surface area contributed by atoms with E-state index in [1.165, 1.54) is 11.3 Å². The molecule has 0 atom stereocenters. The molecule has 0 fully saturated rings. The summed E-state index contributed by atoms with van der Waals surface area (Å²) < 4.78 is 5.24. The average molecular weight is 391 g/mol. The van der Waals surface area contributed by atoms with Crippen LogP contribution >= 0.6 is 11.3 Å². The van der Waals surface area contributed by atoms with Crippen molar-refractivity contribution in [1.82, 2.24) is 9.97 Å². The molecular formula is C21H17N3O3S. The van der Waals surface area contributed by atoms with Gasteiger partial charge in [-0.25, -0.2) is 14.8 Å². The molecule has 0 aliphatic heterocycles. The number of carboxylic acids is 1. The zero-order valence-corrected chi connectivity index (χ0v) is 16.1. The highest BCUT2D eigenvalue weighted by atomic mass is 32.1. The van der Waals surface area contributed by atoms with Gasteiger partial charge in [0.25, 0.3) is 0 Å². The van der Waals surface area contributed by atoms with Crippen LogP contribution in [0.4, 0.5) is 11.5 Å². The fourth-order valence-electron chi connectivity index (χ4n) is 3.03. The van der Waals surface area contributed by atoms with Crippen molar-refractivity contribution >= 4 is 39.0 Å². The van der Waals surface area contributed by atoms with Gasteiger partial charge < -0.3 is 15.2 Å². The Morgan fingerprint density at radius 3 is 2.57 bits per heavy atom. The number of aryl methyl sites for hydroxylation is 1. The lowest BCUT2D eigenvalue weighted by Gasteiger charge is -2.12. The first-order valence-electron chi connectivity index (χ1n) is 8.56. The predicted octanol–water partition coefficient (Wildman–Crippen LogP) is 5.12. The summed E-state index contributed by atoms with van der Waals surface area (Å²) in [5.41, 5.74) is 2.67. The number of rotatable bonds is 5. The first-order valence-corrected chi connectivity index (χ1v) is 9.44. The number of anilines is 2. The highest BCUT2D eigenvalue weighted by Crippen LogP contribution is 2.38. The first-order chi connectivity index (χ1) is 13.6.